The summed E-state index contributed by atoms with van der Waals surface area (Å²) >= 11 is 0. The number of likely N-dealkylation sites (N-methyl/N-ethyl adjacent to an activating group) is 1. The molecule has 3 amide bonds. The number of nitrogens with zero attached hydrogens (tertiary/aromatic N) is 6. The molecule has 3 aliphatic rings. The van der Waals surface area contributed by atoms with Gasteiger partial charge in [-0.05, 0) is 34.1 Å². The Morgan fingerprint density at radius 2 is 1.96 bits per heavy atom. The number of hydrogen-bond donors (Lipinski definition) is 0. The van der Waals surface area contributed by atoms with Crippen molar-refractivity contribution in [2.75, 3.05) is 13.6 Å². The molecule has 0 aromatic rings. The van der Waals surface area contributed by atoms with Crippen molar-refractivity contribution in [2.24, 2.45) is 10.1 Å². The Labute approximate surface area is 142 Å². The van der Waals surface area contributed by atoms with E-state index in [-0.39, 0.29) is 24.0 Å². The number of urea groups is 1. The highest BCUT2D eigenvalue weighted by Crippen LogP contribution is 2.26. The SMILES string of the molecule is CCCN1C(=O)C2C(=NC3=[N+]2C(C)C(C)=NN3C(C)C)N(C)C1=O. The lowest BCUT2D eigenvalue weighted by molar-refractivity contribution is -0.559. The number of imide groups is 1. The van der Waals surface area contributed by atoms with Crippen LogP contribution in [0.25, 0.3) is 0 Å². The van der Waals surface area contributed by atoms with E-state index < -0.39 is 6.04 Å². The van der Waals surface area contributed by atoms with E-state index in [0.717, 1.165) is 12.1 Å². The fourth-order valence-corrected chi connectivity index (χ4v) is 3.31. The normalized spacial score (nSPS) is 26.9. The molecular weight excluding hydrogens is 308 g/mol. The summed E-state index contributed by atoms with van der Waals surface area (Å²) in [6, 6.07) is -0.803. The quantitative estimate of drug-likeness (QED) is 0.721. The molecule has 0 aromatic carbocycles. The molecule has 24 heavy (non-hydrogen) atoms. The van der Waals surface area contributed by atoms with Crippen molar-refractivity contribution in [1.29, 1.82) is 0 Å². The van der Waals surface area contributed by atoms with Gasteiger partial charge in [-0.3, -0.25) is 14.6 Å². The molecule has 8 nitrogen and oxygen atoms in total. The van der Waals surface area contributed by atoms with Gasteiger partial charge in [0, 0.05) is 13.6 Å². The van der Waals surface area contributed by atoms with Crippen LogP contribution in [0.4, 0.5) is 4.79 Å². The molecule has 1 fully saturated rings. The van der Waals surface area contributed by atoms with Gasteiger partial charge in [0.15, 0.2) is 0 Å². The van der Waals surface area contributed by atoms with Gasteiger partial charge in [0.05, 0.1) is 11.8 Å². The molecule has 130 valence electrons. The summed E-state index contributed by atoms with van der Waals surface area (Å²) in [4.78, 5) is 33.0. The van der Waals surface area contributed by atoms with E-state index in [1.807, 2.05) is 44.2 Å². The van der Waals surface area contributed by atoms with E-state index in [1.165, 1.54) is 9.80 Å². The topological polar surface area (TPSA) is 71.6 Å². The molecule has 0 aromatic heterocycles. The van der Waals surface area contributed by atoms with Crippen LogP contribution in [0.3, 0.4) is 0 Å². The minimum absolute atomic E-state index is 0.0460. The first kappa shape index (κ1) is 16.6. The van der Waals surface area contributed by atoms with E-state index in [2.05, 4.69) is 10.1 Å². The standard InChI is InChI=1S/C16H25N6O2/c1-7-8-20-14(23)12-13(19(6)16(20)24)17-15-21(12)11(5)10(4)18-22(15)9(2)3/h9,11-12H,7-8H2,1-6H3/q+1. The van der Waals surface area contributed by atoms with Gasteiger partial charge in [0.25, 0.3) is 5.91 Å². The summed E-state index contributed by atoms with van der Waals surface area (Å²) in [5.41, 5.74) is 0.929. The van der Waals surface area contributed by atoms with Crippen LogP contribution in [-0.4, -0.2) is 80.5 Å². The maximum atomic E-state index is 13.0. The monoisotopic (exact) mass is 333 g/mol. The summed E-state index contributed by atoms with van der Waals surface area (Å²) in [6.07, 6.45) is 0.731. The van der Waals surface area contributed by atoms with Gasteiger partial charge >= 0.3 is 12.0 Å². The predicted molar refractivity (Wildman–Crippen MR) is 91.2 cm³/mol. The largest absolute Gasteiger partial charge is 0.417 e. The van der Waals surface area contributed by atoms with Gasteiger partial charge in [-0.25, -0.2) is 9.37 Å². The van der Waals surface area contributed by atoms with E-state index in [4.69, 9.17) is 0 Å². The molecule has 0 N–H and O–H groups in total. The molecule has 3 aliphatic heterocycles. The summed E-state index contributed by atoms with van der Waals surface area (Å²) in [5.74, 6) is 0.947. The molecular formula is C16H25N6O2+. The minimum atomic E-state index is -0.559. The zero-order valence-corrected chi connectivity index (χ0v) is 15.1. The van der Waals surface area contributed by atoms with Crippen LogP contribution >= 0.6 is 0 Å². The molecule has 1 saturated heterocycles. The van der Waals surface area contributed by atoms with Gasteiger partial charge < -0.3 is 0 Å². The number of fused-ring (bicyclic) bond motifs is 2. The van der Waals surface area contributed by atoms with E-state index in [9.17, 15) is 9.59 Å². The van der Waals surface area contributed by atoms with Crippen molar-refractivity contribution in [3.63, 3.8) is 0 Å². The number of carbonyl (C=O) groups is 2. The second-order valence-corrected chi connectivity index (χ2v) is 6.77. The Bertz CT molecular complexity index is 693. The summed E-state index contributed by atoms with van der Waals surface area (Å²) in [6.45, 7) is 10.4. The van der Waals surface area contributed by atoms with Crippen LogP contribution in [0.15, 0.2) is 10.1 Å². The van der Waals surface area contributed by atoms with Crippen molar-refractivity contribution in [1.82, 2.24) is 14.8 Å². The number of carbonyl (C=O) groups excluding carboxylic acids is 2. The summed E-state index contributed by atoms with van der Waals surface area (Å²) in [7, 11) is 1.68. The molecule has 2 atom stereocenters. The van der Waals surface area contributed by atoms with Gasteiger partial charge in [-0.2, -0.15) is 0 Å². The third kappa shape index (κ3) is 2.16. The second-order valence-electron chi connectivity index (χ2n) is 6.77. The number of guanidine groups is 1. The average Bonchev–Trinajstić information content (AvgIpc) is 2.93. The lowest BCUT2D eigenvalue weighted by atomic mass is 10.1. The molecule has 0 spiro atoms. The van der Waals surface area contributed by atoms with Crippen molar-refractivity contribution >= 4 is 29.4 Å². The predicted octanol–water partition coefficient (Wildman–Crippen LogP) is 0.928. The molecule has 2 unspecified atom stereocenters. The maximum absolute atomic E-state index is 13.0. The van der Waals surface area contributed by atoms with Gasteiger partial charge in [0.1, 0.15) is 6.04 Å². The fraction of sp³-hybridized carbons (Fsp3) is 0.688. The van der Waals surface area contributed by atoms with Crippen LogP contribution in [0.2, 0.25) is 0 Å². The van der Waals surface area contributed by atoms with Gasteiger partial charge in [0.2, 0.25) is 11.9 Å². The lowest BCUT2D eigenvalue weighted by Gasteiger charge is -2.35. The Balaban J connectivity index is 2.10. The Morgan fingerprint density at radius 3 is 2.54 bits per heavy atom. The van der Waals surface area contributed by atoms with Crippen molar-refractivity contribution < 1.29 is 14.2 Å². The number of hydrogen-bond acceptors (Lipinski definition) is 5. The van der Waals surface area contributed by atoms with E-state index in [0.29, 0.717) is 18.3 Å². The number of hydrazone groups is 1. The molecule has 3 heterocycles. The highest BCUT2D eigenvalue weighted by molar-refractivity contribution is 6.23. The van der Waals surface area contributed by atoms with Crippen molar-refractivity contribution in [3.05, 3.63) is 0 Å². The average molecular weight is 333 g/mol. The Kier molecular flexibility index (Phi) is 3.93. The minimum Gasteiger partial charge on any atom is -0.270 e. The first-order chi connectivity index (χ1) is 11.3. The lowest BCUT2D eigenvalue weighted by Crippen LogP contribution is -2.64. The maximum Gasteiger partial charge on any atom is 0.417 e. The first-order valence-corrected chi connectivity index (χ1v) is 8.46. The third-order valence-electron chi connectivity index (χ3n) is 4.76. The van der Waals surface area contributed by atoms with Crippen LogP contribution in [0, 0.1) is 0 Å². The number of amidine groups is 1. The highest BCUT2D eigenvalue weighted by Gasteiger charge is 2.56. The van der Waals surface area contributed by atoms with Crippen molar-refractivity contribution in [3.8, 4) is 0 Å². The van der Waals surface area contributed by atoms with Crippen LogP contribution < -0.4 is 0 Å². The molecule has 0 bridgehead atoms. The first-order valence-electron chi connectivity index (χ1n) is 8.46. The molecule has 3 rings (SSSR count). The molecule has 0 saturated carbocycles. The van der Waals surface area contributed by atoms with Crippen LogP contribution in [0.5, 0.6) is 0 Å². The summed E-state index contributed by atoms with van der Waals surface area (Å²) in [5, 5.41) is 6.45. The molecule has 8 heteroatoms. The number of rotatable bonds is 3. The van der Waals surface area contributed by atoms with Crippen LogP contribution in [-0.2, 0) is 4.79 Å². The third-order valence-corrected chi connectivity index (χ3v) is 4.76. The smallest absolute Gasteiger partial charge is 0.270 e. The zero-order valence-electron chi connectivity index (χ0n) is 15.1. The van der Waals surface area contributed by atoms with Gasteiger partial charge in [-0.15, -0.1) is 10.1 Å². The zero-order chi connectivity index (χ0) is 17.8. The Morgan fingerprint density at radius 1 is 1.29 bits per heavy atom. The van der Waals surface area contributed by atoms with Crippen molar-refractivity contribution in [2.45, 2.75) is 59.2 Å². The number of aliphatic imine (C=N–C) groups is 1. The number of amides is 3. The summed E-state index contributed by atoms with van der Waals surface area (Å²) < 4.78 is 1.99. The fourth-order valence-electron chi connectivity index (χ4n) is 3.31. The highest BCUT2D eigenvalue weighted by atomic mass is 16.2. The van der Waals surface area contributed by atoms with E-state index in [1.54, 1.807) is 7.05 Å². The second kappa shape index (κ2) is 5.68. The molecule has 0 aliphatic carbocycles. The van der Waals surface area contributed by atoms with Gasteiger partial charge in [-0.1, -0.05) is 11.9 Å². The molecule has 0 radical (unpaired) electrons. The Hall–Kier alpha value is -2.25. The van der Waals surface area contributed by atoms with E-state index >= 15 is 0 Å². The van der Waals surface area contributed by atoms with Crippen LogP contribution in [0.1, 0.15) is 41.0 Å².